The van der Waals surface area contributed by atoms with Gasteiger partial charge in [-0.1, -0.05) is 0 Å². The first kappa shape index (κ1) is 21.8. The second-order valence-electron chi connectivity index (χ2n) is 7.93. The maximum Gasteiger partial charge on any atom is 0.391 e. The zero-order chi connectivity index (χ0) is 22.7. The van der Waals surface area contributed by atoms with E-state index in [0.29, 0.717) is 26.2 Å². The molecular formula is C22H25F3N6O. The van der Waals surface area contributed by atoms with Gasteiger partial charge in [0.25, 0.3) is 0 Å². The summed E-state index contributed by atoms with van der Waals surface area (Å²) in [7, 11) is 0. The lowest BCUT2D eigenvalue weighted by Gasteiger charge is -2.34. The van der Waals surface area contributed by atoms with Crippen LogP contribution in [0.5, 0.6) is 0 Å². The summed E-state index contributed by atoms with van der Waals surface area (Å²) in [6.07, 6.45) is -1.93. The molecule has 1 aliphatic heterocycles. The van der Waals surface area contributed by atoms with Crippen LogP contribution >= 0.6 is 0 Å². The Kier molecular flexibility index (Phi) is 6.11. The Morgan fingerprint density at radius 2 is 1.78 bits per heavy atom. The van der Waals surface area contributed by atoms with E-state index < -0.39 is 18.1 Å². The number of nitrogens with two attached hydrogens (primary N) is 1. The molecule has 1 saturated heterocycles. The Bertz CT molecular complexity index is 1070. The molecule has 0 radical (unpaired) electrons. The lowest BCUT2D eigenvalue weighted by molar-refractivity contribution is -0.179. The number of halogens is 3. The maximum atomic E-state index is 12.9. The van der Waals surface area contributed by atoms with Crippen LogP contribution in [0.3, 0.4) is 0 Å². The van der Waals surface area contributed by atoms with E-state index in [9.17, 15) is 18.0 Å². The minimum absolute atomic E-state index is 0.135. The molecule has 4 rings (SSSR count). The molecule has 0 atom stereocenters. The normalized spacial score (nSPS) is 15.2. The predicted molar refractivity (Wildman–Crippen MR) is 118 cm³/mol. The number of rotatable bonds is 6. The van der Waals surface area contributed by atoms with Gasteiger partial charge in [-0.05, 0) is 55.3 Å². The quantitative estimate of drug-likeness (QED) is 0.529. The summed E-state index contributed by atoms with van der Waals surface area (Å²) < 4.78 is 40.3. The molecule has 32 heavy (non-hydrogen) atoms. The van der Waals surface area contributed by atoms with E-state index >= 15 is 0 Å². The molecule has 1 fully saturated rings. The van der Waals surface area contributed by atoms with Gasteiger partial charge in [-0.15, -0.1) is 0 Å². The Morgan fingerprint density at radius 3 is 2.44 bits per heavy atom. The first-order valence-electron chi connectivity index (χ1n) is 10.5. The molecule has 0 saturated carbocycles. The number of nitrogens with zero attached hydrogens (tertiary/aromatic N) is 3. The highest BCUT2D eigenvalue weighted by molar-refractivity contribution is 5.83. The smallest absolute Gasteiger partial charge is 0.372 e. The number of urea groups is 1. The average molecular weight is 446 g/mol. The van der Waals surface area contributed by atoms with Gasteiger partial charge in [-0.25, -0.2) is 4.79 Å². The van der Waals surface area contributed by atoms with Crippen LogP contribution in [0, 0.1) is 5.92 Å². The van der Waals surface area contributed by atoms with Crippen molar-refractivity contribution in [2.24, 2.45) is 11.7 Å². The Labute approximate surface area is 183 Å². The molecule has 0 spiro atoms. The highest BCUT2D eigenvalue weighted by Crippen LogP contribution is 2.35. The molecule has 4 N–H and O–H groups in total. The summed E-state index contributed by atoms with van der Waals surface area (Å²) in [5.41, 5.74) is 8.61. The van der Waals surface area contributed by atoms with Gasteiger partial charge in [0.15, 0.2) is 0 Å². The lowest BCUT2D eigenvalue weighted by atomic mass is 9.96. The third-order valence-electron chi connectivity index (χ3n) is 5.67. The number of hydrogen-bond donors (Lipinski definition) is 3. The van der Waals surface area contributed by atoms with Gasteiger partial charge in [0.1, 0.15) is 0 Å². The number of benzene rings is 2. The third-order valence-corrected chi connectivity index (χ3v) is 5.67. The van der Waals surface area contributed by atoms with Crippen LogP contribution in [0.25, 0.3) is 10.9 Å². The van der Waals surface area contributed by atoms with Crippen molar-refractivity contribution in [2.75, 3.05) is 29.9 Å². The topological polar surface area (TPSA) is 88.2 Å². The number of nitrogens with one attached hydrogen (secondary N) is 2. The zero-order valence-electron chi connectivity index (χ0n) is 17.4. The molecule has 0 bridgehead atoms. The number of alkyl halides is 3. The van der Waals surface area contributed by atoms with Crippen LogP contribution in [0.15, 0.2) is 48.7 Å². The second-order valence-corrected chi connectivity index (χ2v) is 7.93. The summed E-state index contributed by atoms with van der Waals surface area (Å²) in [6.45, 7) is 1.73. The molecule has 170 valence electrons. The standard InChI is InChI=1S/C22H25F3N6O/c23-22(24,25)16-7-10-30(11-8-16)19-4-1-17(2-5-19)28-18-3-6-20-15(13-18)14-31(29-20)12-9-27-21(26)32/h1-6,13-14,16,28H,7-12H2,(H3,26,27,32). The molecule has 7 nitrogen and oxygen atoms in total. The minimum atomic E-state index is -4.10. The summed E-state index contributed by atoms with van der Waals surface area (Å²) >= 11 is 0. The van der Waals surface area contributed by atoms with E-state index in [1.807, 2.05) is 53.6 Å². The Morgan fingerprint density at radius 1 is 1.09 bits per heavy atom. The Hall–Kier alpha value is -3.43. The van der Waals surface area contributed by atoms with Gasteiger partial charge < -0.3 is 21.3 Å². The summed E-state index contributed by atoms with van der Waals surface area (Å²) in [6, 6.07) is 13.0. The Balaban J connectivity index is 1.36. The SMILES string of the molecule is NC(=O)NCCn1cc2cc(Nc3ccc(N4CCC(C(F)(F)F)CC4)cc3)ccc2n1. The molecular weight excluding hydrogens is 421 g/mol. The van der Waals surface area contributed by atoms with E-state index in [1.54, 1.807) is 4.68 Å². The summed E-state index contributed by atoms with van der Waals surface area (Å²) in [5, 5.41) is 11.3. The third kappa shape index (κ3) is 5.24. The van der Waals surface area contributed by atoms with Crippen molar-refractivity contribution in [3.8, 4) is 0 Å². The fourth-order valence-corrected chi connectivity index (χ4v) is 3.95. The van der Waals surface area contributed by atoms with Crippen LogP contribution in [0.4, 0.5) is 35.0 Å². The summed E-state index contributed by atoms with van der Waals surface area (Å²) in [4.78, 5) is 12.8. The number of aromatic nitrogens is 2. The van der Waals surface area contributed by atoms with Crippen molar-refractivity contribution in [1.82, 2.24) is 15.1 Å². The number of piperidine rings is 1. The van der Waals surface area contributed by atoms with Gasteiger partial charge in [0, 0.05) is 48.3 Å². The van der Waals surface area contributed by atoms with Gasteiger partial charge >= 0.3 is 12.2 Å². The van der Waals surface area contributed by atoms with Crippen molar-refractivity contribution in [2.45, 2.75) is 25.6 Å². The maximum absolute atomic E-state index is 12.9. The van der Waals surface area contributed by atoms with Crippen LogP contribution < -0.4 is 21.3 Å². The largest absolute Gasteiger partial charge is 0.391 e. The van der Waals surface area contributed by atoms with Crippen molar-refractivity contribution in [3.63, 3.8) is 0 Å². The van der Waals surface area contributed by atoms with E-state index in [2.05, 4.69) is 15.7 Å². The van der Waals surface area contributed by atoms with Crippen molar-refractivity contribution in [3.05, 3.63) is 48.7 Å². The molecule has 0 aliphatic carbocycles. The molecule has 2 aromatic carbocycles. The molecule has 2 heterocycles. The van der Waals surface area contributed by atoms with Gasteiger partial charge in [-0.3, -0.25) is 4.68 Å². The molecule has 0 unspecified atom stereocenters. The fourth-order valence-electron chi connectivity index (χ4n) is 3.95. The van der Waals surface area contributed by atoms with Crippen LogP contribution in [0.1, 0.15) is 12.8 Å². The van der Waals surface area contributed by atoms with E-state index in [0.717, 1.165) is 28.0 Å². The number of hydrogen-bond acceptors (Lipinski definition) is 4. The monoisotopic (exact) mass is 446 g/mol. The lowest BCUT2D eigenvalue weighted by Crippen LogP contribution is -2.38. The second kappa shape index (κ2) is 8.97. The van der Waals surface area contributed by atoms with Gasteiger partial charge in [-0.2, -0.15) is 18.3 Å². The predicted octanol–water partition coefficient (Wildman–Crippen LogP) is 4.23. The number of amides is 2. The molecule has 1 aliphatic rings. The first-order chi connectivity index (χ1) is 15.3. The molecule has 1 aromatic heterocycles. The molecule has 10 heteroatoms. The number of carbonyl (C=O) groups excluding carboxylic acids is 1. The van der Waals surface area contributed by atoms with Crippen molar-refractivity contribution < 1.29 is 18.0 Å². The van der Waals surface area contributed by atoms with Gasteiger partial charge in [0.2, 0.25) is 0 Å². The summed E-state index contributed by atoms with van der Waals surface area (Å²) in [5.74, 6) is -1.20. The number of carbonyl (C=O) groups is 1. The zero-order valence-corrected chi connectivity index (χ0v) is 17.4. The average Bonchev–Trinajstić information content (AvgIpc) is 3.15. The van der Waals surface area contributed by atoms with Crippen molar-refractivity contribution in [1.29, 1.82) is 0 Å². The van der Waals surface area contributed by atoms with Crippen LogP contribution in [0.2, 0.25) is 0 Å². The van der Waals surface area contributed by atoms with E-state index in [4.69, 9.17) is 5.73 Å². The first-order valence-corrected chi connectivity index (χ1v) is 10.5. The van der Waals surface area contributed by atoms with E-state index in [1.165, 1.54) is 0 Å². The molecule has 2 amide bonds. The van der Waals surface area contributed by atoms with Crippen molar-refractivity contribution >= 4 is 34.0 Å². The fraction of sp³-hybridized carbons (Fsp3) is 0.364. The number of fused-ring (bicyclic) bond motifs is 1. The van der Waals surface area contributed by atoms with Crippen LogP contribution in [-0.2, 0) is 6.54 Å². The minimum Gasteiger partial charge on any atom is -0.372 e. The number of anilines is 3. The number of primary amides is 1. The molecule has 3 aromatic rings. The van der Waals surface area contributed by atoms with Gasteiger partial charge in [0.05, 0.1) is 18.0 Å². The van der Waals surface area contributed by atoms with Crippen LogP contribution in [-0.4, -0.2) is 41.6 Å². The highest BCUT2D eigenvalue weighted by Gasteiger charge is 2.41. The van der Waals surface area contributed by atoms with E-state index in [-0.39, 0.29) is 12.8 Å². The highest BCUT2D eigenvalue weighted by atomic mass is 19.4.